The number of ether oxygens (including phenoxy) is 1. The van der Waals surface area contributed by atoms with E-state index in [4.69, 9.17) is 4.74 Å². The molecular weight excluding hydrogens is 408 g/mol. The molecule has 0 atom stereocenters. The summed E-state index contributed by atoms with van der Waals surface area (Å²) in [5, 5.41) is 22.2. The van der Waals surface area contributed by atoms with E-state index in [-0.39, 0.29) is 11.4 Å². The van der Waals surface area contributed by atoms with Gasteiger partial charge in [0.15, 0.2) is 0 Å². The number of nitro benzene ring substituents is 2. The van der Waals surface area contributed by atoms with Crippen LogP contribution in [-0.2, 0) is 0 Å². The largest absolute Gasteiger partial charge is 0.450 e. The van der Waals surface area contributed by atoms with Crippen molar-refractivity contribution in [2.24, 2.45) is 5.92 Å². The predicted octanol–water partition coefficient (Wildman–Crippen LogP) is 7.93. The number of non-ortho nitro benzene ring substituents is 1. The highest BCUT2D eigenvalue weighted by Gasteiger charge is 2.23. The lowest BCUT2D eigenvalue weighted by atomic mass is 9.77. The second-order valence-corrected chi connectivity index (χ2v) is 8.76. The summed E-state index contributed by atoms with van der Waals surface area (Å²) in [6, 6.07) is 11.1. The van der Waals surface area contributed by atoms with Crippen LogP contribution in [0.4, 0.5) is 11.4 Å². The van der Waals surface area contributed by atoms with E-state index in [0.717, 1.165) is 12.0 Å². The zero-order chi connectivity index (χ0) is 22.9. The summed E-state index contributed by atoms with van der Waals surface area (Å²) in [4.78, 5) is 20.8. The quantitative estimate of drug-likeness (QED) is 0.201. The van der Waals surface area contributed by atoms with Crippen molar-refractivity contribution in [3.63, 3.8) is 0 Å². The van der Waals surface area contributed by atoms with Crippen LogP contribution >= 0.6 is 0 Å². The van der Waals surface area contributed by atoms with Crippen LogP contribution in [0.1, 0.15) is 82.6 Å². The third-order valence-corrected chi connectivity index (χ3v) is 6.49. The van der Waals surface area contributed by atoms with Gasteiger partial charge in [-0.25, -0.2) is 0 Å². The number of hydrogen-bond donors (Lipinski definition) is 0. The average Bonchev–Trinajstić information content (AvgIpc) is 2.80. The van der Waals surface area contributed by atoms with Crippen LogP contribution in [0.15, 0.2) is 42.5 Å². The van der Waals surface area contributed by atoms with Gasteiger partial charge in [0, 0.05) is 6.07 Å². The lowest BCUT2D eigenvalue weighted by Crippen LogP contribution is -2.13. The highest BCUT2D eigenvalue weighted by atomic mass is 16.6. The van der Waals surface area contributed by atoms with Gasteiger partial charge in [-0.05, 0) is 61.3 Å². The lowest BCUT2D eigenvalue weighted by Gasteiger charge is -2.29. The molecule has 1 saturated carbocycles. The Morgan fingerprint density at radius 2 is 1.56 bits per heavy atom. The van der Waals surface area contributed by atoms with Crippen LogP contribution in [0, 0.1) is 26.1 Å². The van der Waals surface area contributed by atoms with E-state index in [1.54, 1.807) is 0 Å². The molecule has 1 fully saturated rings. The fraction of sp³-hybridized carbons (Fsp3) is 0.520. The summed E-state index contributed by atoms with van der Waals surface area (Å²) in [5.74, 6) is 1.88. The molecular formula is C25H32N2O5. The Kier molecular flexibility index (Phi) is 8.59. The highest BCUT2D eigenvalue weighted by molar-refractivity contribution is 5.54. The topological polar surface area (TPSA) is 95.5 Å². The third-order valence-electron chi connectivity index (χ3n) is 6.49. The smallest absolute Gasteiger partial charge is 0.318 e. The molecule has 2 aromatic carbocycles. The van der Waals surface area contributed by atoms with Crippen LogP contribution in [0.2, 0.25) is 0 Å². The number of unbranched alkanes of at least 4 members (excludes halogenated alkanes) is 4. The van der Waals surface area contributed by atoms with E-state index < -0.39 is 15.5 Å². The van der Waals surface area contributed by atoms with Crippen molar-refractivity contribution in [2.45, 2.75) is 77.0 Å². The van der Waals surface area contributed by atoms with Gasteiger partial charge in [-0.3, -0.25) is 20.2 Å². The van der Waals surface area contributed by atoms with Crippen LogP contribution in [-0.4, -0.2) is 9.85 Å². The van der Waals surface area contributed by atoms with E-state index in [1.807, 2.05) is 24.3 Å². The molecule has 0 heterocycles. The van der Waals surface area contributed by atoms with Crippen LogP contribution in [0.3, 0.4) is 0 Å². The van der Waals surface area contributed by atoms with Gasteiger partial charge < -0.3 is 4.74 Å². The lowest BCUT2D eigenvalue weighted by molar-refractivity contribution is -0.394. The summed E-state index contributed by atoms with van der Waals surface area (Å²) in [7, 11) is 0. The van der Waals surface area contributed by atoms with Crippen molar-refractivity contribution in [3.05, 3.63) is 68.3 Å². The fourth-order valence-electron chi connectivity index (χ4n) is 4.60. The maximum atomic E-state index is 11.3. The molecule has 0 saturated heterocycles. The van der Waals surface area contributed by atoms with E-state index in [9.17, 15) is 20.2 Å². The highest BCUT2D eigenvalue weighted by Crippen LogP contribution is 2.39. The summed E-state index contributed by atoms with van der Waals surface area (Å²) in [6.45, 7) is 2.25. The van der Waals surface area contributed by atoms with Crippen molar-refractivity contribution in [3.8, 4) is 11.5 Å². The van der Waals surface area contributed by atoms with Crippen molar-refractivity contribution >= 4 is 11.4 Å². The van der Waals surface area contributed by atoms with Crippen LogP contribution in [0.5, 0.6) is 11.5 Å². The van der Waals surface area contributed by atoms with Gasteiger partial charge in [0.05, 0.1) is 15.9 Å². The van der Waals surface area contributed by atoms with Gasteiger partial charge in [-0.1, -0.05) is 57.6 Å². The first-order valence-corrected chi connectivity index (χ1v) is 11.7. The minimum Gasteiger partial charge on any atom is -0.450 e. The molecule has 0 spiro atoms. The van der Waals surface area contributed by atoms with E-state index in [1.165, 1.54) is 81.9 Å². The molecule has 1 aliphatic carbocycles. The van der Waals surface area contributed by atoms with Gasteiger partial charge in [-0.15, -0.1) is 0 Å². The average molecular weight is 441 g/mol. The summed E-state index contributed by atoms with van der Waals surface area (Å²) in [6.07, 6.45) is 13.1. The molecule has 7 nitrogen and oxygen atoms in total. The van der Waals surface area contributed by atoms with Gasteiger partial charge in [0.25, 0.3) is 5.69 Å². The molecule has 0 N–H and O–H groups in total. The molecule has 172 valence electrons. The van der Waals surface area contributed by atoms with Crippen LogP contribution in [0.25, 0.3) is 0 Å². The second kappa shape index (κ2) is 11.6. The van der Waals surface area contributed by atoms with Gasteiger partial charge in [0.2, 0.25) is 5.75 Å². The first-order chi connectivity index (χ1) is 15.5. The SMILES string of the molecule is CCCCCCCC1CCC(c2ccc(Oc3ccc([N+](=O)[O-])cc3[N+](=O)[O-])cc2)CC1. The number of rotatable bonds is 11. The predicted molar refractivity (Wildman–Crippen MR) is 124 cm³/mol. The summed E-state index contributed by atoms with van der Waals surface area (Å²) < 4.78 is 5.67. The summed E-state index contributed by atoms with van der Waals surface area (Å²) in [5.41, 5.74) is 0.518. The molecule has 0 bridgehead atoms. The zero-order valence-electron chi connectivity index (χ0n) is 18.7. The van der Waals surface area contributed by atoms with Crippen molar-refractivity contribution in [1.82, 2.24) is 0 Å². The van der Waals surface area contributed by atoms with Crippen molar-refractivity contribution in [2.75, 3.05) is 0 Å². The maximum absolute atomic E-state index is 11.3. The number of nitrogens with zero attached hydrogens (tertiary/aromatic N) is 2. The number of nitro groups is 2. The molecule has 0 amide bonds. The molecule has 0 aliphatic heterocycles. The molecule has 2 aromatic rings. The Balaban J connectivity index is 1.54. The zero-order valence-corrected chi connectivity index (χ0v) is 18.7. The van der Waals surface area contributed by atoms with Crippen molar-refractivity contribution in [1.29, 1.82) is 0 Å². The van der Waals surface area contributed by atoms with E-state index in [2.05, 4.69) is 6.92 Å². The molecule has 32 heavy (non-hydrogen) atoms. The normalized spacial score (nSPS) is 18.3. The molecule has 0 aromatic heterocycles. The first kappa shape index (κ1) is 23.7. The Labute approximate surface area is 189 Å². The molecule has 7 heteroatoms. The van der Waals surface area contributed by atoms with E-state index in [0.29, 0.717) is 11.7 Å². The Bertz CT molecular complexity index is 905. The molecule has 0 unspecified atom stereocenters. The fourth-order valence-corrected chi connectivity index (χ4v) is 4.60. The first-order valence-electron chi connectivity index (χ1n) is 11.7. The number of benzene rings is 2. The standard InChI is InChI=1S/C25H32N2O5/c1-2-3-4-5-6-7-19-8-10-20(11-9-19)21-12-15-23(16-13-21)32-25-17-14-22(26(28)29)18-24(25)27(30)31/h12-20H,2-11H2,1H3. The monoisotopic (exact) mass is 440 g/mol. The summed E-state index contributed by atoms with van der Waals surface area (Å²) >= 11 is 0. The Morgan fingerprint density at radius 3 is 2.19 bits per heavy atom. The maximum Gasteiger partial charge on any atom is 0.318 e. The van der Waals surface area contributed by atoms with Crippen LogP contribution < -0.4 is 4.74 Å². The third kappa shape index (κ3) is 6.52. The molecule has 0 radical (unpaired) electrons. The Hall–Kier alpha value is -2.96. The minimum atomic E-state index is -0.668. The van der Waals surface area contributed by atoms with Crippen molar-refractivity contribution < 1.29 is 14.6 Å². The van der Waals surface area contributed by atoms with Gasteiger partial charge in [-0.2, -0.15) is 0 Å². The second-order valence-electron chi connectivity index (χ2n) is 8.76. The Morgan fingerprint density at radius 1 is 0.875 bits per heavy atom. The van der Waals surface area contributed by atoms with Gasteiger partial charge >= 0.3 is 5.69 Å². The van der Waals surface area contributed by atoms with Gasteiger partial charge in [0.1, 0.15) is 5.75 Å². The molecule has 1 aliphatic rings. The number of hydrogen-bond acceptors (Lipinski definition) is 5. The van der Waals surface area contributed by atoms with E-state index >= 15 is 0 Å². The minimum absolute atomic E-state index is 0.00667. The molecule has 3 rings (SSSR count).